The number of ether oxygens (including phenoxy) is 1. The average molecular weight is 419 g/mol. The Hall–Kier alpha value is -3.45. The molecule has 0 aliphatic carbocycles. The Morgan fingerprint density at radius 2 is 1.77 bits per heavy atom. The number of Topliss-reactive ketones (excluding diaryl/α,β-unsaturated/α-hetero) is 1. The summed E-state index contributed by atoms with van der Waals surface area (Å²) < 4.78 is 20.4. The molecule has 0 spiro atoms. The summed E-state index contributed by atoms with van der Waals surface area (Å²) in [6.07, 6.45) is 0. The summed E-state index contributed by atoms with van der Waals surface area (Å²) in [6, 6.07) is 22.8. The molecule has 0 bridgehead atoms. The second-order valence-electron chi connectivity index (χ2n) is 6.43. The van der Waals surface area contributed by atoms with Crippen LogP contribution in [0.1, 0.15) is 10.4 Å². The first-order valence-corrected chi connectivity index (χ1v) is 10.2. The van der Waals surface area contributed by atoms with Crippen LogP contribution in [0.2, 0.25) is 0 Å². The third-order valence-electron chi connectivity index (χ3n) is 4.47. The van der Waals surface area contributed by atoms with E-state index in [4.69, 9.17) is 4.74 Å². The van der Waals surface area contributed by atoms with Gasteiger partial charge < -0.3 is 4.74 Å². The van der Waals surface area contributed by atoms with Crippen LogP contribution < -0.4 is 4.74 Å². The van der Waals surface area contributed by atoms with Gasteiger partial charge in [-0.15, -0.1) is 10.2 Å². The highest BCUT2D eigenvalue weighted by Crippen LogP contribution is 2.30. The van der Waals surface area contributed by atoms with Crippen LogP contribution in [0.4, 0.5) is 4.39 Å². The number of nitrogens with zero attached hydrogens (tertiary/aromatic N) is 3. The molecule has 0 saturated heterocycles. The van der Waals surface area contributed by atoms with Crippen LogP contribution in [0.25, 0.3) is 17.1 Å². The number of thioether (sulfide) groups is 1. The Kier molecular flexibility index (Phi) is 5.90. The normalized spacial score (nSPS) is 10.7. The molecule has 0 fully saturated rings. The zero-order chi connectivity index (χ0) is 20.9. The van der Waals surface area contributed by atoms with E-state index in [1.54, 1.807) is 7.11 Å². The van der Waals surface area contributed by atoms with Gasteiger partial charge in [0, 0.05) is 16.8 Å². The lowest BCUT2D eigenvalue weighted by atomic mass is 10.1. The van der Waals surface area contributed by atoms with Crippen LogP contribution >= 0.6 is 11.8 Å². The van der Waals surface area contributed by atoms with Crippen LogP contribution in [0, 0.1) is 5.82 Å². The summed E-state index contributed by atoms with van der Waals surface area (Å²) >= 11 is 1.29. The summed E-state index contributed by atoms with van der Waals surface area (Å²) in [5, 5.41) is 9.30. The number of rotatable bonds is 7. The lowest BCUT2D eigenvalue weighted by molar-refractivity contribution is 0.102. The molecule has 0 atom stereocenters. The van der Waals surface area contributed by atoms with Gasteiger partial charge in [-0.1, -0.05) is 42.1 Å². The zero-order valence-corrected chi connectivity index (χ0v) is 17.0. The maximum atomic E-state index is 13.1. The first kappa shape index (κ1) is 19.8. The molecular formula is C23H18FN3O2S. The van der Waals surface area contributed by atoms with Gasteiger partial charge in [-0.25, -0.2) is 4.39 Å². The van der Waals surface area contributed by atoms with Gasteiger partial charge in [-0.05, 0) is 48.5 Å². The molecule has 0 saturated carbocycles. The van der Waals surface area contributed by atoms with E-state index in [0.717, 1.165) is 17.0 Å². The molecule has 0 aliphatic rings. The molecule has 4 aromatic rings. The minimum absolute atomic E-state index is 0.106. The molecule has 5 nitrogen and oxygen atoms in total. The van der Waals surface area contributed by atoms with Crippen molar-refractivity contribution in [3.63, 3.8) is 0 Å². The largest absolute Gasteiger partial charge is 0.497 e. The highest BCUT2D eigenvalue weighted by Gasteiger charge is 2.18. The number of halogens is 1. The number of benzene rings is 3. The molecule has 0 amide bonds. The van der Waals surface area contributed by atoms with Gasteiger partial charge in [0.2, 0.25) is 0 Å². The van der Waals surface area contributed by atoms with Crippen molar-refractivity contribution in [2.45, 2.75) is 5.16 Å². The van der Waals surface area contributed by atoms with Crippen LogP contribution in [0.5, 0.6) is 5.75 Å². The highest BCUT2D eigenvalue weighted by atomic mass is 32.2. The SMILES string of the molecule is COc1cccc(-c2nnc(SCC(=O)c3ccc(F)cc3)n2-c2ccccc2)c1. The summed E-state index contributed by atoms with van der Waals surface area (Å²) in [5.74, 6) is 1.05. The Bertz CT molecular complexity index is 1160. The third kappa shape index (κ3) is 4.26. The van der Waals surface area contributed by atoms with E-state index < -0.39 is 0 Å². The van der Waals surface area contributed by atoms with Crippen LogP contribution in [-0.2, 0) is 0 Å². The van der Waals surface area contributed by atoms with Crippen molar-refractivity contribution in [3.8, 4) is 22.8 Å². The second kappa shape index (κ2) is 8.92. The zero-order valence-electron chi connectivity index (χ0n) is 16.2. The number of carbonyl (C=O) groups is 1. The number of aromatic nitrogens is 3. The van der Waals surface area contributed by atoms with Gasteiger partial charge in [0.05, 0.1) is 12.9 Å². The molecule has 150 valence electrons. The lowest BCUT2D eigenvalue weighted by Crippen LogP contribution is -2.05. The predicted octanol–water partition coefficient (Wildman–Crippen LogP) is 5.06. The van der Waals surface area contributed by atoms with Crippen LogP contribution in [0.3, 0.4) is 0 Å². The molecule has 0 N–H and O–H groups in total. The number of hydrogen-bond acceptors (Lipinski definition) is 5. The Labute approximate surface area is 177 Å². The van der Waals surface area contributed by atoms with E-state index >= 15 is 0 Å². The summed E-state index contributed by atoms with van der Waals surface area (Å²) in [6.45, 7) is 0. The van der Waals surface area contributed by atoms with Crippen molar-refractivity contribution in [3.05, 3.63) is 90.2 Å². The van der Waals surface area contributed by atoms with Crippen molar-refractivity contribution in [1.29, 1.82) is 0 Å². The molecule has 1 aromatic heterocycles. The quantitative estimate of drug-likeness (QED) is 0.310. The van der Waals surface area contributed by atoms with Gasteiger partial charge in [-0.3, -0.25) is 9.36 Å². The molecule has 1 heterocycles. The minimum atomic E-state index is -0.369. The maximum Gasteiger partial charge on any atom is 0.196 e. The van der Waals surface area contributed by atoms with Gasteiger partial charge in [0.15, 0.2) is 16.8 Å². The van der Waals surface area contributed by atoms with Gasteiger partial charge >= 0.3 is 0 Å². The van der Waals surface area contributed by atoms with Crippen molar-refractivity contribution in [2.24, 2.45) is 0 Å². The van der Waals surface area contributed by atoms with Crippen LogP contribution in [0.15, 0.2) is 84.0 Å². The second-order valence-corrected chi connectivity index (χ2v) is 7.37. The molecule has 0 radical (unpaired) electrons. The number of ketones is 1. The summed E-state index contributed by atoms with van der Waals surface area (Å²) in [7, 11) is 1.61. The highest BCUT2D eigenvalue weighted by molar-refractivity contribution is 7.99. The average Bonchev–Trinajstić information content (AvgIpc) is 3.22. The maximum absolute atomic E-state index is 13.1. The van der Waals surface area contributed by atoms with E-state index in [0.29, 0.717) is 16.5 Å². The van der Waals surface area contributed by atoms with E-state index in [2.05, 4.69) is 10.2 Å². The van der Waals surface area contributed by atoms with E-state index in [1.165, 1.54) is 36.0 Å². The smallest absolute Gasteiger partial charge is 0.196 e. The topological polar surface area (TPSA) is 57.0 Å². The van der Waals surface area contributed by atoms with Crippen molar-refractivity contribution >= 4 is 17.5 Å². The molecule has 0 unspecified atom stereocenters. The first-order valence-electron chi connectivity index (χ1n) is 9.22. The van der Waals surface area contributed by atoms with E-state index in [1.807, 2.05) is 59.2 Å². The Morgan fingerprint density at radius 3 is 2.50 bits per heavy atom. The van der Waals surface area contributed by atoms with Crippen LogP contribution in [-0.4, -0.2) is 33.4 Å². The fraction of sp³-hybridized carbons (Fsp3) is 0.0870. The number of carbonyl (C=O) groups excluding carboxylic acids is 1. The van der Waals surface area contributed by atoms with E-state index in [9.17, 15) is 9.18 Å². The van der Waals surface area contributed by atoms with Gasteiger partial charge in [0.25, 0.3) is 0 Å². The molecule has 7 heteroatoms. The molecule has 0 aliphatic heterocycles. The van der Waals surface area contributed by atoms with Gasteiger partial charge in [-0.2, -0.15) is 0 Å². The van der Waals surface area contributed by atoms with Gasteiger partial charge in [0.1, 0.15) is 11.6 Å². The number of hydrogen-bond donors (Lipinski definition) is 0. The fourth-order valence-electron chi connectivity index (χ4n) is 2.97. The third-order valence-corrected chi connectivity index (χ3v) is 5.40. The molecule has 30 heavy (non-hydrogen) atoms. The monoisotopic (exact) mass is 419 g/mol. The summed E-state index contributed by atoms with van der Waals surface area (Å²) in [5.41, 5.74) is 2.20. The van der Waals surface area contributed by atoms with Crippen molar-refractivity contribution in [1.82, 2.24) is 14.8 Å². The predicted molar refractivity (Wildman–Crippen MR) is 115 cm³/mol. The first-order chi connectivity index (χ1) is 14.7. The molecule has 4 rings (SSSR count). The van der Waals surface area contributed by atoms with Crippen molar-refractivity contribution in [2.75, 3.05) is 12.9 Å². The Morgan fingerprint density at radius 1 is 1.00 bits per heavy atom. The Balaban J connectivity index is 1.67. The van der Waals surface area contributed by atoms with Crippen molar-refractivity contribution < 1.29 is 13.9 Å². The minimum Gasteiger partial charge on any atom is -0.497 e. The summed E-state index contributed by atoms with van der Waals surface area (Å²) in [4.78, 5) is 12.5. The molecule has 3 aromatic carbocycles. The standard InChI is InChI=1S/C23H18FN3O2S/c1-29-20-9-5-6-17(14-20)22-25-26-23(27(22)19-7-3-2-4-8-19)30-15-21(28)16-10-12-18(24)13-11-16/h2-14H,15H2,1H3. The lowest BCUT2D eigenvalue weighted by Gasteiger charge is -2.11. The molecular weight excluding hydrogens is 401 g/mol. The fourth-order valence-corrected chi connectivity index (χ4v) is 3.82. The number of methoxy groups -OCH3 is 1. The van der Waals surface area contributed by atoms with E-state index in [-0.39, 0.29) is 17.4 Å². The number of para-hydroxylation sites is 1.